The van der Waals surface area contributed by atoms with E-state index in [-0.39, 0.29) is 36.1 Å². The highest BCUT2D eigenvalue weighted by atomic mass is 16.6. The van der Waals surface area contributed by atoms with Gasteiger partial charge in [-0.2, -0.15) is 0 Å². The van der Waals surface area contributed by atoms with Crippen LogP contribution in [0, 0.1) is 11.8 Å². The third kappa shape index (κ3) is 7.12. The standard InChI is InChI=1S/C32H47NO7/c1-21(2)11-9-16-32(6)24-19-22-20-33(30(35)40-31(3,4)5)17-15-25(22)38-28(24)23-12-8-13-26(29(23)39-32)37-18-10-14-27(34)36-7/h8,11-13,22,24-25,28H,9-10,14-20H2,1-7H3/t22-,24-,25-,28+,32+/m0/s1. The van der Waals surface area contributed by atoms with Gasteiger partial charge >= 0.3 is 12.1 Å². The van der Waals surface area contributed by atoms with Gasteiger partial charge in [0, 0.05) is 36.9 Å². The van der Waals surface area contributed by atoms with Crippen LogP contribution >= 0.6 is 0 Å². The van der Waals surface area contributed by atoms with Crippen molar-refractivity contribution in [1.82, 2.24) is 4.90 Å². The predicted octanol–water partition coefficient (Wildman–Crippen LogP) is 6.62. The quantitative estimate of drug-likeness (QED) is 0.202. The normalized spacial score (nSPS) is 27.3. The van der Waals surface area contributed by atoms with Crippen molar-refractivity contribution in [2.24, 2.45) is 11.8 Å². The zero-order valence-electron chi connectivity index (χ0n) is 25.3. The first-order chi connectivity index (χ1) is 18.9. The Balaban J connectivity index is 1.57. The molecule has 0 unspecified atom stereocenters. The van der Waals surface area contributed by atoms with Crippen LogP contribution in [-0.4, -0.2) is 61.1 Å². The summed E-state index contributed by atoms with van der Waals surface area (Å²) in [6.07, 6.45) is 6.25. The van der Waals surface area contributed by atoms with E-state index in [1.165, 1.54) is 12.7 Å². The van der Waals surface area contributed by atoms with Crippen LogP contribution in [0.3, 0.4) is 0 Å². The van der Waals surface area contributed by atoms with Gasteiger partial charge < -0.3 is 28.6 Å². The fraction of sp³-hybridized carbons (Fsp3) is 0.688. The summed E-state index contributed by atoms with van der Waals surface area (Å²) in [4.78, 5) is 26.2. The molecule has 4 rings (SSSR count). The number of carbonyl (C=O) groups is 2. The number of fused-ring (bicyclic) bond motifs is 4. The predicted molar refractivity (Wildman–Crippen MR) is 153 cm³/mol. The molecule has 0 bridgehead atoms. The molecular weight excluding hydrogens is 510 g/mol. The van der Waals surface area contributed by atoms with E-state index in [4.69, 9.17) is 23.7 Å². The Morgan fingerprint density at radius 1 is 1.23 bits per heavy atom. The highest BCUT2D eigenvalue weighted by molar-refractivity contribution is 5.69. The lowest BCUT2D eigenvalue weighted by Gasteiger charge is -2.54. The molecule has 0 aliphatic carbocycles. The van der Waals surface area contributed by atoms with Gasteiger partial charge in [-0.25, -0.2) is 4.79 Å². The van der Waals surface area contributed by atoms with Crippen molar-refractivity contribution in [3.8, 4) is 11.5 Å². The zero-order chi connectivity index (χ0) is 29.1. The molecule has 0 saturated carbocycles. The van der Waals surface area contributed by atoms with Crippen molar-refractivity contribution >= 4 is 12.1 Å². The summed E-state index contributed by atoms with van der Waals surface area (Å²) in [7, 11) is 1.40. The van der Waals surface area contributed by atoms with Crippen molar-refractivity contribution in [3.05, 3.63) is 35.4 Å². The lowest BCUT2D eigenvalue weighted by Crippen LogP contribution is -2.57. The van der Waals surface area contributed by atoms with Crippen LogP contribution < -0.4 is 9.47 Å². The first-order valence-electron chi connectivity index (χ1n) is 14.7. The zero-order valence-corrected chi connectivity index (χ0v) is 25.3. The van der Waals surface area contributed by atoms with Gasteiger partial charge in [-0.05, 0) is 79.7 Å². The molecule has 3 aliphatic heterocycles. The molecule has 222 valence electrons. The largest absolute Gasteiger partial charge is 0.490 e. The number of benzene rings is 1. The third-order valence-electron chi connectivity index (χ3n) is 8.20. The summed E-state index contributed by atoms with van der Waals surface area (Å²) in [5.41, 5.74) is 1.30. The molecule has 40 heavy (non-hydrogen) atoms. The topological polar surface area (TPSA) is 83.5 Å². The number of carbonyl (C=O) groups excluding carboxylic acids is 2. The average molecular weight is 558 g/mol. The third-order valence-corrected chi connectivity index (χ3v) is 8.20. The Morgan fingerprint density at radius 2 is 2.00 bits per heavy atom. The van der Waals surface area contributed by atoms with Crippen molar-refractivity contribution in [3.63, 3.8) is 0 Å². The van der Waals surface area contributed by atoms with E-state index in [1.807, 2.05) is 37.8 Å². The molecule has 1 amide bonds. The molecule has 0 radical (unpaired) electrons. The SMILES string of the molecule is COC(=O)CCCOc1cccc2c1O[C@](C)(CCC=C(C)C)[C@H]1C[C@H]3CN(C(=O)OC(C)(C)C)CC[C@@H]3O[C@H]21. The van der Waals surface area contributed by atoms with Crippen LogP contribution in [-0.2, 0) is 19.0 Å². The minimum Gasteiger partial charge on any atom is -0.490 e. The number of piperidine rings is 1. The summed E-state index contributed by atoms with van der Waals surface area (Å²) < 4.78 is 30.4. The van der Waals surface area contributed by atoms with Crippen molar-refractivity contribution < 1.29 is 33.3 Å². The molecule has 8 heteroatoms. The van der Waals surface area contributed by atoms with Crippen LogP contribution in [0.4, 0.5) is 4.79 Å². The monoisotopic (exact) mass is 557 g/mol. The number of methoxy groups -OCH3 is 1. The number of ether oxygens (including phenoxy) is 5. The number of allylic oxidation sites excluding steroid dienone is 2. The van der Waals surface area contributed by atoms with Crippen LogP contribution in [0.5, 0.6) is 11.5 Å². The van der Waals surface area contributed by atoms with Gasteiger partial charge in [-0.1, -0.05) is 23.8 Å². The van der Waals surface area contributed by atoms with Crippen LogP contribution in [0.25, 0.3) is 0 Å². The molecular formula is C32H47NO7. The van der Waals surface area contributed by atoms with Crippen LogP contribution in [0.1, 0.15) is 91.7 Å². The molecule has 8 nitrogen and oxygen atoms in total. The molecule has 5 atom stereocenters. The maximum absolute atomic E-state index is 12.9. The van der Waals surface area contributed by atoms with Crippen molar-refractivity contribution in [2.75, 3.05) is 26.8 Å². The Bertz CT molecular complexity index is 1090. The van der Waals surface area contributed by atoms with E-state index in [0.717, 1.165) is 37.0 Å². The van der Waals surface area contributed by atoms with E-state index in [2.05, 4.69) is 32.9 Å². The fourth-order valence-electron chi connectivity index (χ4n) is 6.17. The van der Waals surface area contributed by atoms with Crippen molar-refractivity contribution in [1.29, 1.82) is 0 Å². The van der Waals surface area contributed by atoms with Gasteiger partial charge in [-0.3, -0.25) is 4.79 Å². The molecule has 3 aliphatic rings. The molecule has 0 aromatic heterocycles. The van der Waals surface area contributed by atoms with Gasteiger partial charge in [0.1, 0.15) is 11.2 Å². The summed E-state index contributed by atoms with van der Waals surface area (Å²) in [5, 5.41) is 0. The second kappa shape index (κ2) is 12.4. The van der Waals surface area contributed by atoms with Gasteiger partial charge in [-0.15, -0.1) is 0 Å². The first kappa shape index (κ1) is 30.2. The highest BCUT2D eigenvalue weighted by Crippen LogP contribution is 2.56. The smallest absolute Gasteiger partial charge is 0.410 e. The number of amides is 1. The lowest BCUT2D eigenvalue weighted by atomic mass is 9.68. The molecule has 2 fully saturated rings. The molecule has 0 spiro atoms. The number of hydrogen-bond acceptors (Lipinski definition) is 7. The lowest BCUT2D eigenvalue weighted by molar-refractivity contribution is -0.191. The number of nitrogens with zero attached hydrogens (tertiary/aromatic N) is 1. The summed E-state index contributed by atoms with van der Waals surface area (Å²) in [5.74, 6) is 1.52. The highest BCUT2D eigenvalue weighted by Gasteiger charge is 2.54. The molecule has 1 aromatic carbocycles. The Kier molecular flexibility index (Phi) is 9.38. The average Bonchev–Trinajstić information content (AvgIpc) is 2.89. The number of para-hydroxylation sites is 1. The summed E-state index contributed by atoms with van der Waals surface area (Å²) >= 11 is 0. The Hall–Kier alpha value is -2.74. The van der Waals surface area contributed by atoms with E-state index in [1.54, 1.807) is 0 Å². The number of likely N-dealkylation sites (tertiary alicyclic amines) is 1. The Labute approximate surface area is 239 Å². The van der Waals surface area contributed by atoms with E-state index < -0.39 is 11.2 Å². The number of hydrogen-bond donors (Lipinski definition) is 0. The minimum atomic E-state index is -0.522. The maximum atomic E-state index is 12.9. The van der Waals surface area contributed by atoms with E-state index >= 15 is 0 Å². The summed E-state index contributed by atoms with van der Waals surface area (Å²) in [6, 6.07) is 6.00. The minimum absolute atomic E-state index is 0.0672. The molecule has 0 N–H and O–H groups in total. The fourth-order valence-corrected chi connectivity index (χ4v) is 6.17. The Morgan fingerprint density at radius 3 is 2.70 bits per heavy atom. The van der Waals surface area contributed by atoms with E-state index in [0.29, 0.717) is 38.3 Å². The molecule has 1 aromatic rings. The van der Waals surface area contributed by atoms with Gasteiger partial charge in [0.15, 0.2) is 11.5 Å². The van der Waals surface area contributed by atoms with Gasteiger partial charge in [0.2, 0.25) is 0 Å². The number of rotatable bonds is 8. The summed E-state index contributed by atoms with van der Waals surface area (Å²) in [6.45, 7) is 13.8. The van der Waals surface area contributed by atoms with Gasteiger partial charge in [0.05, 0.1) is 25.9 Å². The van der Waals surface area contributed by atoms with E-state index in [9.17, 15) is 9.59 Å². The first-order valence-corrected chi connectivity index (χ1v) is 14.7. The second-order valence-electron chi connectivity index (χ2n) is 12.8. The maximum Gasteiger partial charge on any atom is 0.410 e. The van der Waals surface area contributed by atoms with Gasteiger partial charge in [0.25, 0.3) is 0 Å². The van der Waals surface area contributed by atoms with Crippen molar-refractivity contribution in [2.45, 2.75) is 103 Å². The van der Waals surface area contributed by atoms with Crippen LogP contribution in [0.2, 0.25) is 0 Å². The number of esters is 1. The molecule has 2 saturated heterocycles. The van der Waals surface area contributed by atoms with Crippen LogP contribution in [0.15, 0.2) is 29.8 Å². The molecule has 3 heterocycles. The second-order valence-corrected chi connectivity index (χ2v) is 12.8.